The van der Waals surface area contributed by atoms with Gasteiger partial charge in [0.15, 0.2) is 0 Å². The van der Waals surface area contributed by atoms with Crippen LogP contribution in [-0.4, -0.2) is 12.1 Å². The lowest BCUT2D eigenvalue weighted by atomic mass is 9.87. The monoisotopic (exact) mass is 247 g/mol. The molecule has 2 N–H and O–H groups in total. The summed E-state index contributed by atoms with van der Waals surface area (Å²) in [5, 5.41) is 0. The summed E-state index contributed by atoms with van der Waals surface area (Å²) in [5.41, 5.74) is 8.72. The Balaban J connectivity index is 1.87. The number of hydrogen-bond acceptors (Lipinski definition) is 2. The Morgan fingerprint density at radius 3 is 2.33 bits per heavy atom. The summed E-state index contributed by atoms with van der Waals surface area (Å²) in [6, 6.07) is 9.11. The van der Waals surface area contributed by atoms with E-state index in [1.807, 2.05) is 0 Å². The lowest BCUT2D eigenvalue weighted by molar-refractivity contribution is 0.0448. The molecule has 2 atom stereocenters. The molecule has 1 aromatic carbocycles. The van der Waals surface area contributed by atoms with Gasteiger partial charge < -0.3 is 10.5 Å². The Morgan fingerprint density at radius 1 is 1.17 bits per heavy atom. The van der Waals surface area contributed by atoms with Crippen molar-refractivity contribution >= 4 is 0 Å². The van der Waals surface area contributed by atoms with Crippen molar-refractivity contribution in [1.29, 1.82) is 0 Å². The van der Waals surface area contributed by atoms with E-state index in [-0.39, 0.29) is 5.41 Å². The maximum atomic E-state index is 5.90. The molecule has 2 unspecified atom stereocenters. The molecular formula is C16H25NO. The molecule has 0 aromatic heterocycles. The van der Waals surface area contributed by atoms with E-state index in [2.05, 4.69) is 45.0 Å². The SMILES string of the molecule is CC(C)(C)c1ccc(COC2CCC(N)C2)cc1. The molecule has 0 amide bonds. The minimum Gasteiger partial charge on any atom is -0.373 e. The zero-order valence-corrected chi connectivity index (χ0v) is 11.8. The highest BCUT2D eigenvalue weighted by molar-refractivity contribution is 5.27. The van der Waals surface area contributed by atoms with E-state index in [0.717, 1.165) is 19.3 Å². The summed E-state index contributed by atoms with van der Waals surface area (Å²) in [6.45, 7) is 7.41. The Bertz CT molecular complexity index is 377. The van der Waals surface area contributed by atoms with Gasteiger partial charge in [-0.3, -0.25) is 0 Å². The van der Waals surface area contributed by atoms with Crippen LogP contribution in [-0.2, 0) is 16.8 Å². The highest BCUT2D eigenvalue weighted by atomic mass is 16.5. The topological polar surface area (TPSA) is 35.2 Å². The second kappa shape index (κ2) is 5.41. The first-order chi connectivity index (χ1) is 8.45. The largest absolute Gasteiger partial charge is 0.373 e. The highest BCUT2D eigenvalue weighted by Gasteiger charge is 2.22. The van der Waals surface area contributed by atoms with Gasteiger partial charge in [0.1, 0.15) is 0 Å². The first-order valence-electron chi connectivity index (χ1n) is 6.92. The number of ether oxygens (including phenoxy) is 1. The van der Waals surface area contributed by atoms with Crippen LogP contribution >= 0.6 is 0 Å². The third kappa shape index (κ3) is 3.56. The summed E-state index contributed by atoms with van der Waals surface area (Å²) in [7, 11) is 0. The fourth-order valence-electron chi connectivity index (χ4n) is 2.44. The van der Waals surface area contributed by atoms with E-state index in [9.17, 15) is 0 Å². The Kier molecular flexibility index (Phi) is 4.08. The van der Waals surface area contributed by atoms with Crippen molar-refractivity contribution in [3.63, 3.8) is 0 Å². The van der Waals surface area contributed by atoms with Crippen molar-refractivity contribution in [2.75, 3.05) is 0 Å². The maximum Gasteiger partial charge on any atom is 0.0720 e. The fourth-order valence-corrected chi connectivity index (χ4v) is 2.44. The van der Waals surface area contributed by atoms with E-state index in [4.69, 9.17) is 10.5 Å². The first kappa shape index (κ1) is 13.6. The van der Waals surface area contributed by atoms with Crippen molar-refractivity contribution in [2.45, 2.75) is 64.2 Å². The average Bonchev–Trinajstić information content (AvgIpc) is 2.72. The summed E-state index contributed by atoms with van der Waals surface area (Å²) in [6.07, 6.45) is 3.59. The van der Waals surface area contributed by atoms with Crippen LogP contribution in [0, 0.1) is 0 Å². The molecule has 1 aromatic rings. The smallest absolute Gasteiger partial charge is 0.0720 e. The molecule has 1 fully saturated rings. The van der Waals surface area contributed by atoms with E-state index in [1.165, 1.54) is 11.1 Å². The number of nitrogens with two attached hydrogens (primary N) is 1. The quantitative estimate of drug-likeness (QED) is 0.888. The molecule has 2 rings (SSSR count). The minimum absolute atomic E-state index is 0.220. The highest BCUT2D eigenvalue weighted by Crippen LogP contribution is 2.24. The molecular weight excluding hydrogens is 222 g/mol. The summed E-state index contributed by atoms with van der Waals surface area (Å²) in [4.78, 5) is 0. The maximum absolute atomic E-state index is 5.90. The van der Waals surface area contributed by atoms with Crippen LogP contribution < -0.4 is 5.73 Å². The molecule has 100 valence electrons. The first-order valence-corrected chi connectivity index (χ1v) is 6.92. The second-order valence-electron chi connectivity index (χ2n) is 6.45. The lowest BCUT2D eigenvalue weighted by Crippen LogP contribution is -2.17. The third-order valence-electron chi connectivity index (χ3n) is 3.73. The standard InChI is InChI=1S/C16H25NO/c1-16(2,3)13-6-4-12(5-7-13)11-18-15-9-8-14(17)10-15/h4-7,14-15H,8-11,17H2,1-3H3. The normalized spacial score (nSPS) is 24.4. The van der Waals surface area contributed by atoms with Gasteiger partial charge in [-0.2, -0.15) is 0 Å². The third-order valence-corrected chi connectivity index (χ3v) is 3.73. The second-order valence-corrected chi connectivity index (χ2v) is 6.45. The van der Waals surface area contributed by atoms with Gasteiger partial charge in [0, 0.05) is 6.04 Å². The van der Waals surface area contributed by atoms with Crippen LogP contribution in [0.5, 0.6) is 0 Å². The Hall–Kier alpha value is -0.860. The van der Waals surface area contributed by atoms with Crippen molar-refractivity contribution < 1.29 is 4.74 Å². The molecule has 18 heavy (non-hydrogen) atoms. The van der Waals surface area contributed by atoms with Crippen LogP contribution in [0.15, 0.2) is 24.3 Å². The molecule has 1 aliphatic rings. The van der Waals surface area contributed by atoms with Gasteiger partial charge in [0.2, 0.25) is 0 Å². The van der Waals surface area contributed by atoms with E-state index in [0.29, 0.717) is 18.8 Å². The van der Waals surface area contributed by atoms with Gasteiger partial charge >= 0.3 is 0 Å². The molecule has 1 saturated carbocycles. The predicted molar refractivity (Wildman–Crippen MR) is 75.5 cm³/mol. The zero-order valence-electron chi connectivity index (χ0n) is 11.8. The van der Waals surface area contributed by atoms with Gasteiger partial charge in [-0.25, -0.2) is 0 Å². The predicted octanol–water partition coefficient (Wildman–Crippen LogP) is 3.38. The van der Waals surface area contributed by atoms with E-state index in [1.54, 1.807) is 0 Å². The van der Waals surface area contributed by atoms with Crippen LogP contribution in [0.3, 0.4) is 0 Å². The van der Waals surface area contributed by atoms with Gasteiger partial charge in [0.05, 0.1) is 12.7 Å². The van der Waals surface area contributed by atoms with Crippen LogP contribution in [0.1, 0.15) is 51.2 Å². The molecule has 1 aliphatic carbocycles. The molecule has 2 heteroatoms. The summed E-state index contributed by atoms with van der Waals surface area (Å²) < 4.78 is 5.90. The molecule has 0 spiro atoms. The lowest BCUT2D eigenvalue weighted by Gasteiger charge is -2.19. The van der Waals surface area contributed by atoms with Crippen LogP contribution in [0.4, 0.5) is 0 Å². The minimum atomic E-state index is 0.220. The zero-order chi connectivity index (χ0) is 13.2. The molecule has 0 heterocycles. The Morgan fingerprint density at radius 2 is 1.83 bits per heavy atom. The van der Waals surface area contributed by atoms with Crippen molar-refractivity contribution in [1.82, 2.24) is 0 Å². The Labute approximate surface area is 111 Å². The molecule has 0 bridgehead atoms. The summed E-state index contributed by atoms with van der Waals surface area (Å²) in [5.74, 6) is 0. The van der Waals surface area contributed by atoms with Crippen LogP contribution in [0.2, 0.25) is 0 Å². The van der Waals surface area contributed by atoms with Gasteiger partial charge in [0.25, 0.3) is 0 Å². The van der Waals surface area contributed by atoms with Gasteiger partial charge in [-0.05, 0) is 35.8 Å². The van der Waals surface area contributed by atoms with Crippen molar-refractivity contribution in [2.24, 2.45) is 5.73 Å². The number of hydrogen-bond donors (Lipinski definition) is 1. The van der Waals surface area contributed by atoms with Crippen molar-refractivity contribution in [3.05, 3.63) is 35.4 Å². The van der Waals surface area contributed by atoms with Crippen LogP contribution in [0.25, 0.3) is 0 Å². The van der Waals surface area contributed by atoms with Gasteiger partial charge in [-0.1, -0.05) is 45.0 Å². The summed E-state index contributed by atoms with van der Waals surface area (Å²) >= 11 is 0. The average molecular weight is 247 g/mol. The van der Waals surface area contributed by atoms with E-state index >= 15 is 0 Å². The van der Waals surface area contributed by atoms with Gasteiger partial charge in [-0.15, -0.1) is 0 Å². The fraction of sp³-hybridized carbons (Fsp3) is 0.625. The van der Waals surface area contributed by atoms with E-state index < -0.39 is 0 Å². The molecule has 0 radical (unpaired) electrons. The molecule has 2 nitrogen and oxygen atoms in total. The van der Waals surface area contributed by atoms with Crippen molar-refractivity contribution in [3.8, 4) is 0 Å². The number of rotatable bonds is 3. The molecule has 0 saturated heterocycles. The number of benzene rings is 1. The molecule has 0 aliphatic heterocycles.